The third kappa shape index (κ3) is 3.09. The van der Waals surface area contributed by atoms with Crippen LogP contribution in [-0.4, -0.2) is 20.9 Å². The summed E-state index contributed by atoms with van der Waals surface area (Å²) in [6.07, 6.45) is 2.42. The molecule has 0 spiro atoms. The molecule has 19 heavy (non-hydrogen) atoms. The zero-order valence-electron chi connectivity index (χ0n) is 10.9. The lowest BCUT2D eigenvalue weighted by Crippen LogP contribution is -2.30. The number of nitrogens with one attached hydrogen (secondary N) is 3. The summed E-state index contributed by atoms with van der Waals surface area (Å²) < 4.78 is 0. The van der Waals surface area contributed by atoms with Gasteiger partial charge in [-0.15, -0.1) is 0 Å². The molecular formula is C13H16N4O2. The second-order valence-electron chi connectivity index (χ2n) is 4.31. The van der Waals surface area contributed by atoms with Crippen LogP contribution >= 0.6 is 0 Å². The molecule has 0 aromatic carbocycles. The molecule has 0 fully saturated rings. The van der Waals surface area contributed by atoms with Gasteiger partial charge in [0.05, 0.1) is 6.04 Å². The molecule has 1 unspecified atom stereocenters. The maximum absolute atomic E-state index is 12.0. The number of hydrogen-bond acceptors (Lipinski definition) is 3. The summed E-state index contributed by atoms with van der Waals surface area (Å²) in [5, 5.41) is 2.84. The van der Waals surface area contributed by atoms with E-state index in [2.05, 4.69) is 20.3 Å². The van der Waals surface area contributed by atoms with Crippen LogP contribution in [0.2, 0.25) is 0 Å². The van der Waals surface area contributed by atoms with Crippen molar-refractivity contribution in [1.82, 2.24) is 20.3 Å². The fourth-order valence-corrected chi connectivity index (χ4v) is 1.79. The molecule has 0 aliphatic carbocycles. The Morgan fingerprint density at radius 1 is 1.42 bits per heavy atom. The van der Waals surface area contributed by atoms with Crippen molar-refractivity contribution in [1.29, 1.82) is 0 Å². The van der Waals surface area contributed by atoms with E-state index in [0.717, 1.165) is 5.69 Å². The number of H-pyrrole nitrogens is 2. The van der Waals surface area contributed by atoms with E-state index in [1.807, 2.05) is 13.8 Å². The third-order valence-electron chi connectivity index (χ3n) is 2.78. The first-order valence-corrected chi connectivity index (χ1v) is 6.12. The first-order valence-electron chi connectivity index (χ1n) is 6.12. The molecule has 1 atom stereocenters. The number of hydrogen-bond donors (Lipinski definition) is 3. The van der Waals surface area contributed by atoms with E-state index in [-0.39, 0.29) is 23.2 Å². The van der Waals surface area contributed by atoms with Gasteiger partial charge >= 0.3 is 0 Å². The second-order valence-corrected chi connectivity index (χ2v) is 4.31. The van der Waals surface area contributed by atoms with Gasteiger partial charge in [0.15, 0.2) is 0 Å². The van der Waals surface area contributed by atoms with Gasteiger partial charge in [-0.25, -0.2) is 4.98 Å². The molecule has 0 aliphatic rings. The predicted molar refractivity (Wildman–Crippen MR) is 70.9 cm³/mol. The van der Waals surface area contributed by atoms with Crippen LogP contribution in [-0.2, 0) is 0 Å². The molecule has 6 heteroatoms. The van der Waals surface area contributed by atoms with Crippen LogP contribution in [0.1, 0.15) is 41.4 Å². The number of carbonyl (C=O) groups excluding carboxylic acids is 1. The summed E-state index contributed by atoms with van der Waals surface area (Å²) in [4.78, 5) is 33.0. The largest absolute Gasteiger partial charge is 0.344 e. The summed E-state index contributed by atoms with van der Waals surface area (Å²) in [6, 6.07) is 4.27. The highest BCUT2D eigenvalue weighted by Gasteiger charge is 2.16. The summed E-state index contributed by atoms with van der Waals surface area (Å²) >= 11 is 0. The third-order valence-corrected chi connectivity index (χ3v) is 2.78. The van der Waals surface area contributed by atoms with Gasteiger partial charge in [0.2, 0.25) is 5.56 Å². The number of pyridine rings is 1. The minimum Gasteiger partial charge on any atom is -0.344 e. The molecule has 0 bridgehead atoms. The molecular weight excluding hydrogens is 244 g/mol. The number of carbonyl (C=O) groups is 1. The van der Waals surface area contributed by atoms with Crippen molar-refractivity contribution < 1.29 is 4.79 Å². The minimum absolute atomic E-state index is 0.204. The van der Waals surface area contributed by atoms with Gasteiger partial charge in [-0.3, -0.25) is 9.59 Å². The number of imidazole rings is 1. The van der Waals surface area contributed by atoms with Gasteiger partial charge in [0.25, 0.3) is 5.91 Å². The van der Waals surface area contributed by atoms with E-state index in [1.165, 1.54) is 6.07 Å². The Bertz CT molecular complexity index is 629. The van der Waals surface area contributed by atoms with E-state index in [9.17, 15) is 9.59 Å². The lowest BCUT2D eigenvalue weighted by molar-refractivity contribution is 0.0928. The van der Waals surface area contributed by atoms with Crippen LogP contribution < -0.4 is 10.9 Å². The zero-order valence-corrected chi connectivity index (χ0v) is 10.9. The molecule has 1 amide bonds. The number of amides is 1. The first-order chi connectivity index (χ1) is 9.10. The highest BCUT2D eigenvalue weighted by Crippen LogP contribution is 2.13. The van der Waals surface area contributed by atoms with Crippen LogP contribution in [0, 0.1) is 6.92 Å². The maximum Gasteiger partial charge on any atom is 0.268 e. The standard InChI is InChI=1S/C13H16N4O2/c1-3-9(12-14-7-8(2)15-12)17-13(19)10-5-4-6-11(18)16-10/h4-7,9H,3H2,1-2H3,(H,14,15)(H,16,18)(H,17,19). The zero-order chi connectivity index (χ0) is 13.8. The maximum atomic E-state index is 12.0. The fourth-order valence-electron chi connectivity index (χ4n) is 1.79. The average molecular weight is 260 g/mol. The van der Waals surface area contributed by atoms with E-state index in [4.69, 9.17) is 0 Å². The fraction of sp³-hybridized carbons (Fsp3) is 0.308. The van der Waals surface area contributed by atoms with Gasteiger partial charge in [-0.2, -0.15) is 0 Å². The van der Waals surface area contributed by atoms with E-state index in [0.29, 0.717) is 12.2 Å². The summed E-state index contributed by atoms with van der Waals surface area (Å²) in [6.45, 7) is 3.86. The van der Waals surface area contributed by atoms with Crippen molar-refractivity contribution in [2.24, 2.45) is 0 Å². The summed E-state index contributed by atoms with van der Waals surface area (Å²) in [5.74, 6) is 0.394. The monoisotopic (exact) mass is 260 g/mol. The Morgan fingerprint density at radius 2 is 2.21 bits per heavy atom. The highest BCUT2D eigenvalue weighted by molar-refractivity contribution is 5.92. The molecule has 2 rings (SSSR count). The average Bonchev–Trinajstić information content (AvgIpc) is 2.82. The number of aryl methyl sites for hydroxylation is 1. The normalized spacial score (nSPS) is 12.1. The Kier molecular flexibility index (Phi) is 3.79. The summed E-state index contributed by atoms with van der Waals surface area (Å²) in [5.41, 5.74) is 0.889. The lowest BCUT2D eigenvalue weighted by Gasteiger charge is -2.14. The molecule has 0 aliphatic heterocycles. The Balaban J connectivity index is 2.15. The van der Waals surface area contributed by atoms with Gasteiger partial charge in [0, 0.05) is 18.0 Å². The van der Waals surface area contributed by atoms with Gasteiger partial charge in [-0.1, -0.05) is 13.0 Å². The van der Waals surface area contributed by atoms with Crippen molar-refractivity contribution in [3.05, 3.63) is 52.0 Å². The van der Waals surface area contributed by atoms with E-state index < -0.39 is 0 Å². The Hall–Kier alpha value is -2.37. The van der Waals surface area contributed by atoms with Crippen molar-refractivity contribution in [3.8, 4) is 0 Å². The Labute approximate surface area is 110 Å². The lowest BCUT2D eigenvalue weighted by atomic mass is 10.2. The highest BCUT2D eigenvalue weighted by atomic mass is 16.2. The second kappa shape index (κ2) is 5.51. The van der Waals surface area contributed by atoms with Crippen LogP contribution in [0.15, 0.2) is 29.2 Å². The SMILES string of the molecule is CCC(NC(=O)c1cccc(=O)[nH]1)c1ncc(C)[nH]1. The van der Waals surface area contributed by atoms with Crippen molar-refractivity contribution in [2.75, 3.05) is 0 Å². The van der Waals surface area contributed by atoms with Gasteiger partial charge in [0.1, 0.15) is 11.5 Å². The minimum atomic E-state index is -0.321. The van der Waals surface area contributed by atoms with Crippen LogP contribution in [0.5, 0.6) is 0 Å². The van der Waals surface area contributed by atoms with E-state index >= 15 is 0 Å². The molecule has 2 heterocycles. The van der Waals surface area contributed by atoms with Crippen LogP contribution in [0.3, 0.4) is 0 Å². The molecule has 3 N–H and O–H groups in total. The molecule has 0 radical (unpaired) electrons. The molecule has 2 aromatic heterocycles. The van der Waals surface area contributed by atoms with Crippen LogP contribution in [0.4, 0.5) is 0 Å². The summed E-state index contributed by atoms with van der Waals surface area (Å²) in [7, 11) is 0. The molecule has 100 valence electrons. The topological polar surface area (TPSA) is 90.6 Å². The first kappa shape index (κ1) is 13.1. The Morgan fingerprint density at radius 3 is 2.79 bits per heavy atom. The number of aromatic amines is 2. The quantitative estimate of drug-likeness (QED) is 0.773. The van der Waals surface area contributed by atoms with Crippen molar-refractivity contribution in [2.45, 2.75) is 26.3 Å². The molecule has 2 aromatic rings. The predicted octanol–water partition coefficient (Wildman–Crippen LogP) is 1.29. The number of nitrogens with zero attached hydrogens (tertiary/aromatic N) is 1. The molecule has 0 saturated carbocycles. The van der Waals surface area contributed by atoms with Gasteiger partial charge in [-0.05, 0) is 19.4 Å². The van der Waals surface area contributed by atoms with E-state index in [1.54, 1.807) is 18.3 Å². The molecule has 6 nitrogen and oxygen atoms in total. The smallest absolute Gasteiger partial charge is 0.268 e. The number of rotatable bonds is 4. The van der Waals surface area contributed by atoms with Crippen molar-refractivity contribution >= 4 is 5.91 Å². The van der Waals surface area contributed by atoms with Gasteiger partial charge < -0.3 is 15.3 Å². The molecule has 0 saturated heterocycles. The van der Waals surface area contributed by atoms with Crippen LogP contribution in [0.25, 0.3) is 0 Å². The number of aromatic nitrogens is 3. The van der Waals surface area contributed by atoms with Crippen molar-refractivity contribution in [3.63, 3.8) is 0 Å².